The van der Waals surface area contributed by atoms with Crippen LogP contribution in [0.15, 0.2) is 0 Å². The van der Waals surface area contributed by atoms with E-state index < -0.39 is 0 Å². The first-order chi connectivity index (χ1) is 13.4. The van der Waals surface area contributed by atoms with Crippen LogP contribution >= 0.6 is 0 Å². The molecule has 8 nitrogen and oxygen atoms in total. The number of hydrogen-bond donors (Lipinski definition) is 0. The van der Waals surface area contributed by atoms with Gasteiger partial charge in [0.2, 0.25) is 0 Å². The number of piperazine rings is 2. The summed E-state index contributed by atoms with van der Waals surface area (Å²) in [4.78, 5) is 36.0. The summed E-state index contributed by atoms with van der Waals surface area (Å²) in [7, 11) is 4.19. The molecule has 2 heterocycles. The predicted octanol–water partition coefficient (Wildman–Crippen LogP) is 1.39. The van der Waals surface area contributed by atoms with Crippen molar-refractivity contribution in [1.29, 1.82) is 0 Å². The number of carbonyl (C=O) groups excluding carboxylic acids is 2. The Bertz CT molecular complexity index is 410. The Hall–Kier alpha value is -1.54. The first-order valence-corrected chi connectivity index (χ1v) is 10.8. The highest BCUT2D eigenvalue weighted by atomic mass is 16.2. The standard InChI is InChI=1S/2C10H21N3O/c2*1-4-12(5-2)10(14)13-8-6-11(3)7-9-13/h2*4-9H2,1-3H3. The van der Waals surface area contributed by atoms with Crippen LogP contribution in [0.1, 0.15) is 27.7 Å². The molecule has 0 aliphatic carbocycles. The molecule has 2 saturated heterocycles. The Morgan fingerprint density at radius 1 is 0.571 bits per heavy atom. The molecule has 2 rings (SSSR count). The monoisotopic (exact) mass is 398 g/mol. The Balaban J connectivity index is 0.000000280. The largest absolute Gasteiger partial charge is 0.325 e. The first kappa shape index (κ1) is 24.5. The second kappa shape index (κ2) is 12.8. The van der Waals surface area contributed by atoms with Crippen molar-refractivity contribution in [2.45, 2.75) is 27.7 Å². The molecule has 0 aromatic carbocycles. The lowest BCUT2D eigenvalue weighted by molar-refractivity contribution is 0.125. The number of nitrogens with zero attached hydrogens (tertiary/aromatic N) is 6. The zero-order valence-corrected chi connectivity index (χ0v) is 19.0. The van der Waals surface area contributed by atoms with Crippen LogP contribution < -0.4 is 0 Å². The minimum Gasteiger partial charge on any atom is -0.325 e. The second-order valence-corrected chi connectivity index (χ2v) is 7.49. The van der Waals surface area contributed by atoms with Crippen molar-refractivity contribution in [3.05, 3.63) is 0 Å². The van der Waals surface area contributed by atoms with Crippen LogP contribution in [0.5, 0.6) is 0 Å². The molecule has 2 fully saturated rings. The molecular formula is C20H42N6O2. The van der Waals surface area contributed by atoms with Gasteiger partial charge in [0.05, 0.1) is 0 Å². The second-order valence-electron chi connectivity index (χ2n) is 7.49. The van der Waals surface area contributed by atoms with Crippen LogP contribution in [-0.2, 0) is 0 Å². The van der Waals surface area contributed by atoms with E-state index in [-0.39, 0.29) is 12.1 Å². The van der Waals surface area contributed by atoms with Crippen LogP contribution in [0.2, 0.25) is 0 Å². The molecule has 0 aromatic rings. The van der Waals surface area contributed by atoms with Crippen molar-refractivity contribution in [3.63, 3.8) is 0 Å². The lowest BCUT2D eigenvalue weighted by Crippen LogP contribution is -2.51. The van der Waals surface area contributed by atoms with E-state index in [0.717, 1.165) is 78.5 Å². The molecule has 164 valence electrons. The summed E-state index contributed by atoms with van der Waals surface area (Å²) in [6, 6.07) is 0.395. The molecule has 2 aliphatic heterocycles. The number of hydrogen-bond acceptors (Lipinski definition) is 4. The topological polar surface area (TPSA) is 53.6 Å². The Morgan fingerprint density at radius 3 is 1.04 bits per heavy atom. The smallest absolute Gasteiger partial charge is 0.320 e. The molecule has 0 unspecified atom stereocenters. The molecule has 0 N–H and O–H groups in total. The fourth-order valence-corrected chi connectivity index (χ4v) is 3.38. The van der Waals surface area contributed by atoms with Crippen molar-refractivity contribution in [1.82, 2.24) is 29.4 Å². The number of urea groups is 2. The van der Waals surface area contributed by atoms with Crippen molar-refractivity contribution < 1.29 is 9.59 Å². The van der Waals surface area contributed by atoms with Gasteiger partial charge < -0.3 is 29.4 Å². The normalized spacial score (nSPS) is 18.4. The average Bonchev–Trinajstić information content (AvgIpc) is 2.71. The van der Waals surface area contributed by atoms with E-state index in [2.05, 4.69) is 23.9 Å². The molecule has 0 bridgehead atoms. The Labute approximate surface area is 172 Å². The van der Waals surface area contributed by atoms with E-state index >= 15 is 0 Å². The maximum absolute atomic E-state index is 11.9. The van der Waals surface area contributed by atoms with Gasteiger partial charge in [0, 0.05) is 78.5 Å². The minimum atomic E-state index is 0.197. The van der Waals surface area contributed by atoms with Crippen LogP contribution in [0, 0.1) is 0 Å². The molecule has 4 amide bonds. The third-order valence-corrected chi connectivity index (χ3v) is 5.62. The van der Waals surface area contributed by atoms with Crippen molar-refractivity contribution in [2.75, 3.05) is 92.6 Å². The first-order valence-electron chi connectivity index (χ1n) is 10.8. The Morgan fingerprint density at radius 2 is 0.821 bits per heavy atom. The van der Waals surface area contributed by atoms with E-state index in [4.69, 9.17) is 0 Å². The van der Waals surface area contributed by atoms with Crippen LogP contribution in [0.25, 0.3) is 0 Å². The fraction of sp³-hybridized carbons (Fsp3) is 0.900. The van der Waals surface area contributed by atoms with E-state index in [1.54, 1.807) is 0 Å². The van der Waals surface area contributed by atoms with Crippen LogP contribution in [0.4, 0.5) is 9.59 Å². The zero-order valence-electron chi connectivity index (χ0n) is 19.0. The maximum atomic E-state index is 11.9. The lowest BCUT2D eigenvalue weighted by Gasteiger charge is -2.35. The SMILES string of the molecule is CCN(CC)C(=O)N1CCN(C)CC1.CCN(CC)C(=O)N1CCN(C)CC1. The number of carbonyl (C=O) groups is 2. The van der Waals surface area contributed by atoms with Crippen LogP contribution in [0.3, 0.4) is 0 Å². The van der Waals surface area contributed by atoms with Gasteiger partial charge in [-0.05, 0) is 41.8 Å². The molecule has 2 aliphatic rings. The summed E-state index contributed by atoms with van der Waals surface area (Å²) in [5, 5.41) is 0. The van der Waals surface area contributed by atoms with Crippen molar-refractivity contribution in [3.8, 4) is 0 Å². The Kier molecular flexibility index (Phi) is 11.2. The van der Waals surface area contributed by atoms with Crippen molar-refractivity contribution in [2.24, 2.45) is 0 Å². The molecular weight excluding hydrogens is 356 g/mol. The summed E-state index contributed by atoms with van der Waals surface area (Å²) in [5.41, 5.74) is 0. The third kappa shape index (κ3) is 7.47. The van der Waals surface area contributed by atoms with E-state index in [1.165, 1.54) is 0 Å². The number of amides is 4. The molecule has 8 heteroatoms. The van der Waals surface area contributed by atoms with E-state index in [1.807, 2.05) is 47.3 Å². The van der Waals surface area contributed by atoms with Gasteiger partial charge in [-0.2, -0.15) is 0 Å². The highest BCUT2D eigenvalue weighted by molar-refractivity contribution is 5.75. The maximum Gasteiger partial charge on any atom is 0.320 e. The molecule has 0 aromatic heterocycles. The average molecular weight is 399 g/mol. The van der Waals surface area contributed by atoms with Gasteiger partial charge in [-0.1, -0.05) is 0 Å². The minimum absolute atomic E-state index is 0.197. The van der Waals surface area contributed by atoms with E-state index in [0.29, 0.717) is 0 Å². The van der Waals surface area contributed by atoms with Crippen molar-refractivity contribution >= 4 is 12.1 Å². The molecule has 0 spiro atoms. The van der Waals surface area contributed by atoms with Crippen LogP contribution in [-0.4, -0.2) is 134 Å². The fourth-order valence-electron chi connectivity index (χ4n) is 3.38. The number of rotatable bonds is 4. The van der Waals surface area contributed by atoms with Gasteiger partial charge in [-0.15, -0.1) is 0 Å². The highest BCUT2D eigenvalue weighted by Gasteiger charge is 2.22. The quantitative estimate of drug-likeness (QED) is 0.718. The van der Waals surface area contributed by atoms with Gasteiger partial charge in [-0.3, -0.25) is 0 Å². The zero-order chi connectivity index (χ0) is 21.1. The summed E-state index contributed by atoms with van der Waals surface area (Å²) < 4.78 is 0. The lowest BCUT2D eigenvalue weighted by atomic mass is 10.3. The van der Waals surface area contributed by atoms with Gasteiger partial charge in [0.15, 0.2) is 0 Å². The molecule has 0 saturated carbocycles. The van der Waals surface area contributed by atoms with Gasteiger partial charge in [0.1, 0.15) is 0 Å². The summed E-state index contributed by atoms with van der Waals surface area (Å²) >= 11 is 0. The van der Waals surface area contributed by atoms with E-state index in [9.17, 15) is 9.59 Å². The van der Waals surface area contributed by atoms with Gasteiger partial charge in [-0.25, -0.2) is 9.59 Å². The number of likely N-dealkylation sites (N-methyl/N-ethyl adjacent to an activating group) is 2. The third-order valence-electron chi connectivity index (χ3n) is 5.62. The molecule has 0 radical (unpaired) electrons. The van der Waals surface area contributed by atoms with Gasteiger partial charge >= 0.3 is 12.1 Å². The summed E-state index contributed by atoms with van der Waals surface area (Å²) in [6.45, 7) is 18.8. The molecule has 28 heavy (non-hydrogen) atoms. The predicted molar refractivity (Wildman–Crippen MR) is 115 cm³/mol. The molecule has 0 atom stereocenters. The van der Waals surface area contributed by atoms with Gasteiger partial charge in [0.25, 0.3) is 0 Å². The summed E-state index contributed by atoms with van der Waals surface area (Å²) in [6.07, 6.45) is 0. The summed E-state index contributed by atoms with van der Waals surface area (Å²) in [5.74, 6) is 0. The highest BCUT2D eigenvalue weighted by Crippen LogP contribution is 2.05.